The van der Waals surface area contributed by atoms with Gasteiger partial charge in [0.05, 0.1) is 12.1 Å². The van der Waals surface area contributed by atoms with Gasteiger partial charge >= 0.3 is 0 Å². The lowest BCUT2D eigenvalue weighted by Crippen LogP contribution is -2.42. The highest BCUT2D eigenvalue weighted by atomic mass is 19.1. The molecule has 4 nitrogen and oxygen atoms in total. The number of carbonyl (C=O) groups excluding carboxylic acids is 1. The normalized spacial score (nSPS) is 22.7. The van der Waals surface area contributed by atoms with Crippen LogP contribution in [0.3, 0.4) is 0 Å². The second-order valence-electron chi connectivity index (χ2n) is 4.85. The number of hydrogen-bond acceptors (Lipinski definition) is 3. The first-order valence-corrected chi connectivity index (χ1v) is 6.21. The van der Waals surface area contributed by atoms with E-state index in [9.17, 15) is 9.18 Å². The van der Waals surface area contributed by atoms with E-state index in [0.717, 1.165) is 24.9 Å². The van der Waals surface area contributed by atoms with Crippen LogP contribution in [-0.4, -0.2) is 28.9 Å². The molecule has 0 radical (unpaired) electrons. The molecule has 2 atom stereocenters. The Labute approximate surface area is 106 Å². The molecule has 5 heteroatoms. The molecule has 0 spiro atoms. The van der Waals surface area contributed by atoms with Crippen LogP contribution in [0.1, 0.15) is 31.4 Å². The first-order valence-electron chi connectivity index (χ1n) is 6.21. The van der Waals surface area contributed by atoms with Crippen molar-refractivity contribution >= 4 is 5.91 Å². The topological polar surface area (TPSA) is 59.2 Å². The Balaban J connectivity index is 2.09. The van der Waals surface area contributed by atoms with E-state index in [4.69, 9.17) is 5.73 Å². The molecule has 18 heavy (non-hydrogen) atoms. The zero-order valence-corrected chi connectivity index (χ0v) is 10.5. The average molecular weight is 251 g/mol. The van der Waals surface area contributed by atoms with Crippen molar-refractivity contribution in [2.75, 3.05) is 13.1 Å². The van der Waals surface area contributed by atoms with Crippen LogP contribution in [0, 0.1) is 11.7 Å². The molecule has 2 rings (SSSR count). The van der Waals surface area contributed by atoms with Crippen LogP contribution >= 0.6 is 0 Å². The first kappa shape index (κ1) is 13.0. The fourth-order valence-electron chi connectivity index (χ4n) is 2.46. The van der Waals surface area contributed by atoms with Gasteiger partial charge in [0.2, 0.25) is 5.91 Å². The highest BCUT2D eigenvalue weighted by molar-refractivity contribution is 5.76. The Hall–Kier alpha value is -1.49. The molecule has 0 saturated carbocycles. The largest absolute Gasteiger partial charge is 0.369 e. The van der Waals surface area contributed by atoms with Crippen molar-refractivity contribution in [3.8, 4) is 0 Å². The highest BCUT2D eigenvalue weighted by Crippen LogP contribution is 2.26. The lowest BCUT2D eigenvalue weighted by atomic mass is 9.95. The van der Waals surface area contributed by atoms with Crippen LogP contribution < -0.4 is 5.73 Å². The Morgan fingerprint density at radius 3 is 3.06 bits per heavy atom. The second kappa shape index (κ2) is 5.44. The molecule has 1 amide bonds. The molecule has 2 heterocycles. The zero-order valence-electron chi connectivity index (χ0n) is 10.5. The van der Waals surface area contributed by atoms with Gasteiger partial charge < -0.3 is 5.73 Å². The van der Waals surface area contributed by atoms with Gasteiger partial charge in [-0.1, -0.05) is 0 Å². The minimum Gasteiger partial charge on any atom is -0.369 e. The standard InChI is InChI=1S/C13H18FN3O/c1-9(11-5-12(14)7-16-6-11)17-4-2-3-10(8-17)13(15)18/h5-7,9-10H,2-4,8H2,1H3,(H2,15,18)/t9-,10-/m1/s1. The number of carbonyl (C=O) groups is 1. The summed E-state index contributed by atoms with van der Waals surface area (Å²) in [5, 5.41) is 0. The zero-order chi connectivity index (χ0) is 13.1. The fourth-order valence-corrected chi connectivity index (χ4v) is 2.46. The number of nitrogens with two attached hydrogens (primary N) is 1. The van der Waals surface area contributed by atoms with Gasteiger partial charge in [-0.2, -0.15) is 0 Å². The van der Waals surface area contributed by atoms with Crippen molar-refractivity contribution < 1.29 is 9.18 Å². The summed E-state index contributed by atoms with van der Waals surface area (Å²) in [6, 6.07) is 1.54. The number of rotatable bonds is 3. The number of hydrogen-bond donors (Lipinski definition) is 1. The maximum absolute atomic E-state index is 13.1. The minimum absolute atomic E-state index is 0.0512. The van der Waals surface area contributed by atoms with Crippen LogP contribution in [0.4, 0.5) is 4.39 Å². The number of halogens is 1. The lowest BCUT2D eigenvalue weighted by Gasteiger charge is -2.35. The number of likely N-dealkylation sites (tertiary alicyclic amines) is 1. The van der Waals surface area contributed by atoms with Gasteiger partial charge in [-0.15, -0.1) is 0 Å². The third-order valence-corrected chi connectivity index (χ3v) is 3.61. The number of primary amides is 1. The molecule has 0 aliphatic carbocycles. The summed E-state index contributed by atoms with van der Waals surface area (Å²) in [7, 11) is 0. The molecule has 1 saturated heterocycles. The van der Waals surface area contributed by atoms with E-state index in [-0.39, 0.29) is 23.7 Å². The van der Waals surface area contributed by atoms with E-state index in [0.29, 0.717) is 6.54 Å². The summed E-state index contributed by atoms with van der Waals surface area (Å²) in [5.74, 6) is -0.671. The Bertz CT molecular complexity index is 438. The molecule has 0 aromatic carbocycles. The SMILES string of the molecule is C[C@H](c1cncc(F)c1)N1CCC[C@@H](C(N)=O)C1. The predicted molar refractivity (Wildman–Crippen MR) is 66.1 cm³/mol. The van der Waals surface area contributed by atoms with Crippen LogP contribution in [0.2, 0.25) is 0 Å². The summed E-state index contributed by atoms with van der Waals surface area (Å²) < 4.78 is 13.1. The van der Waals surface area contributed by atoms with E-state index in [2.05, 4.69) is 9.88 Å². The summed E-state index contributed by atoms with van der Waals surface area (Å²) >= 11 is 0. The molecule has 1 aliphatic heterocycles. The third-order valence-electron chi connectivity index (χ3n) is 3.61. The number of aromatic nitrogens is 1. The number of nitrogens with zero attached hydrogens (tertiary/aromatic N) is 2. The van der Waals surface area contributed by atoms with Crippen molar-refractivity contribution in [2.45, 2.75) is 25.8 Å². The molecule has 0 bridgehead atoms. The average Bonchev–Trinajstić information content (AvgIpc) is 2.38. The Morgan fingerprint density at radius 1 is 1.61 bits per heavy atom. The highest BCUT2D eigenvalue weighted by Gasteiger charge is 2.27. The van der Waals surface area contributed by atoms with Gasteiger partial charge in [-0.25, -0.2) is 4.39 Å². The van der Waals surface area contributed by atoms with Crippen LogP contribution in [0.15, 0.2) is 18.5 Å². The minimum atomic E-state index is -0.331. The Kier molecular flexibility index (Phi) is 3.91. The number of pyridine rings is 1. The van der Waals surface area contributed by atoms with Gasteiger partial charge in [0.15, 0.2) is 0 Å². The molecular formula is C13H18FN3O. The molecular weight excluding hydrogens is 233 g/mol. The monoisotopic (exact) mass is 251 g/mol. The van der Waals surface area contributed by atoms with Gasteiger partial charge in [0.25, 0.3) is 0 Å². The third kappa shape index (κ3) is 2.85. The maximum atomic E-state index is 13.1. The van der Waals surface area contributed by atoms with Crippen LogP contribution in [-0.2, 0) is 4.79 Å². The molecule has 1 aliphatic rings. The quantitative estimate of drug-likeness (QED) is 0.885. The molecule has 1 fully saturated rings. The van der Waals surface area contributed by atoms with Crippen molar-refractivity contribution in [3.63, 3.8) is 0 Å². The summed E-state index contributed by atoms with van der Waals surface area (Å²) in [4.78, 5) is 17.3. The number of amides is 1. The van der Waals surface area contributed by atoms with Gasteiger partial charge in [-0.3, -0.25) is 14.7 Å². The van der Waals surface area contributed by atoms with Crippen LogP contribution in [0.5, 0.6) is 0 Å². The maximum Gasteiger partial charge on any atom is 0.221 e. The van der Waals surface area contributed by atoms with Crippen LogP contribution in [0.25, 0.3) is 0 Å². The van der Waals surface area contributed by atoms with E-state index in [1.54, 1.807) is 6.20 Å². The molecule has 2 N–H and O–H groups in total. The molecule has 1 aromatic heterocycles. The van der Waals surface area contributed by atoms with Gasteiger partial charge in [-0.05, 0) is 37.9 Å². The van der Waals surface area contributed by atoms with E-state index < -0.39 is 0 Å². The first-order chi connectivity index (χ1) is 8.58. The van der Waals surface area contributed by atoms with E-state index >= 15 is 0 Å². The summed E-state index contributed by atoms with van der Waals surface area (Å²) in [5.41, 5.74) is 6.19. The van der Waals surface area contributed by atoms with Crippen molar-refractivity contribution in [2.24, 2.45) is 11.7 Å². The van der Waals surface area contributed by atoms with E-state index in [1.807, 2.05) is 6.92 Å². The molecule has 1 aromatic rings. The van der Waals surface area contributed by atoms with E-state index in [1.165, 1.54) is 12.3 Å². The predicted octanol–water partition coefficient (Wildman–Crippen LogP) is 1.48. The fraction of sp³-hybridized carbons (Fsp3) is 0.538. The smallest absolute Gasteiger partial charge is 0.221 e. The van der Waals surface area contributed by atoms with Crippen molar-refractivity contribution in [1.29, 1.82) is 0 Å². The van der Waals surface area contributed by atoms with Gasteiger partial charge in [0, 0.05) is 18.8 Å². The Morgan fingerprint density at radius 2 is 2.39 bits per heavy atom. The summed E-state index contributed by atoms with van der Waals surface area (Å²) in [6.07, 6.45) is 4.65. The van der Waals surface area contributed by atoms with Gasteiger partial charge in [0.1, 0.15) is 5.82 Å². The lowest BCUT2D eigenvalue weighted by molar-refractivity contribution is -0.123. The number of piperidine rings is 1. The van der Waals surface area contributed by atoms with Crippen molar-refractivity contribution in [3.05, 3.63) is 29.8 Å². The molecule has 0 unspecified atom stereocenters. The summed E-state index contributed by atoms with van der Waals surface area (Å²) in [6.45, 7) is 3.55. The van der Waals surface area contributed by atoms with Crippen molar-refractivity contribution in [1.82, 2.24) is 9.88 Å². The second-order valence-corrected chi connectivity index (χ2v) is 4.85. The molecule has 98 valence electrons.